The number of rotatable bonds is 3. The van der Waals surface area contributed by atoms with Gasteiger partial charge in [0.1, 0.15) is 6.61 Å². The molecule has 0 amide bonds. The lowest BCUT2D eigenvalue weighted by atomic mass is 9.85. The molecule has 0 aliphatic rings. The van der Waals surface area contributed by atoms with Crippen molar-refractivity contribution in [2.75, 3.05) is 0 Å². The highest BCUT2D eigenvalue weighted by Gasteiger charge is 2.24. The molecule has 17 heavy (non-hydrogen) atoms. The summed E-state index contributed by atoms with van der Waals surface area (Å²) in [7, 11) is 0. The summed E-state index contributed by atoms with van der Waals surface area (Å²) < 4.78 is 4.94. The average molecular weight is 234 g/mol. The van der Waals surface area contributed by atoms with E-state index in [-0.39, 0.29) is 18.4 Å². The van der Waals surface area contributed by atoms with E-state index in [0.29, 0.717) is 5.56 Å². The van der Waals surface area contributed by atoms with Crippen molar-refractivity contribution in [3.05, 3.63) is 35.4 Å². The van der Waals surface area contributed by atoms with Gasteiger partial charge in [-0.05, 0) is 0 Å². The summed E-state index contributed by atoms with van der Waals surface area (Å²) in [6.45, 7) is 7.12. The molecule has 0 radical (unpaired) electrons. The van der Waals surface area contributed by atoms with E-state index in [2.05, 4.69) is 0 Å². The summed E-state index contributed by atoms with van der Waals surface area (Å²) >= 11 is 0. The standard InChI is InChI=1S/C14H18O3/c1-10(15)17-9-11-7-5-6-8-12(11)13(16)14(2,3)4/h5-8H,9H2,1-4H3. The summed E-state index contributed by atoms with van der Waals surface area (Å²) in [6, 6.07) is 7.23. The van der Waals surface area contributed by atoms with Gasteiger partial charge in [-0.1, -0.05) is 45.0 Å². The number of carbonyl (C=O) groups excluding carboxylic acids is 2. The first-order chi connectivity index (χ1) is 7.82. The molecule has 0 unspecified atom stereocenters. The molecule has 0 aliphatic heterocycles. The van der Waals surface area contributed by atoms with Crippen molar-refractivity contribution in [1.29, 1.82) is 0 Å². The Morgan fingerprint density at radius 1 is 1.18 bits per heavy atom. The highest BCUT2D eigenvalue weighted by Crippen LogP contribution is 2.23. The van der Waals surface area contributed by atoms with Gasteiger partial charge in [0.15, 0.2) is 5.78 Å². The Balaban J connectivity index is 3.00. The van der Waals surface area contributed by atoms with Crippen LogP contribution in [0.1, 0.15) is 43.6 Å². The fraction of sp³-hybridized carbons (Fsp3) is 0.429. The monoisotopic (exact) mass is 234 g/mol. The zero-order chi connectivity index (χ0) is 13.1. The van der Waals surface area contributed by atoms with Gasteiger partial charge in [-0.3, -0.25) is 9.59 Å². The van der Waals surface area contributed by atoms with E-state index >= 15 is 0 Å². The maximum atomic E-state index is 12.2. The van der Waals surface area contributed by atoms with E-state index in [1.807, 2.05) is 39.0 Å². The van der Waals surface area contributed by atoms with Gasteiger partial charge in [-0.2, -0.15) is 0 Å². The van der Waals surface area contributed by atoms with Gasteiger partial charge < -0.3 is 4.74 Å². The van der Waals surface area contributed by atoms with Crippen LogP contribution in [0.2, 0.25) is 0 Å². The first-order valence-corrected chi connectivity index (χ1v) is 5.58. The summed E-state index contributed by atoms with van der Waals surface area (Å²) in [5.74, 6) is -0.289. The molecular weight excluding hydrogens is 216 g/mol. The summed E-state index contributed by atoms with van der Waals surface area (Å²) in [5.41, 5.74) is 0.940. The van der Waals surface area contributed by atoms with Crippen molar-refractivity contribution in [2.45, 2.75) is 34.3 Å². The SMILES string of the molecule is CC(=O)OCc1ccccc1C(=O)C(C)(C)C. The van der Waals surface area contributed by atoms with Crippen molar-refractivity contribution in [2.24, 2.45) is 5.41 Å². The second-order valence-corrected chi connectivity index (χ2v) is 5.02. The highest BCUT2D eigenvalue weighted by atomic mass is 16.5. The first-order valence-electron chi connectivity index (χ1n) is 5.58. The van der Waals surface area contributed by atoms with Gasteiger partial charge in [0.25, 0.3) is 0 Å². The number of Topliss-reactive ketones (excluding diaryl/α,β-unsaturated/α-hetero) is 1. The van der Waals surface area contributed by atoms with Crippen LogP contribution in [0.4, 0.5) is 0 Å². The summed E-state index contributed by atoms with van der Waals surface area (Å²) in [6.07, 6.45) is 0. The van der Waals surface area contributed by atoms with E-state index in [9.17, 15) is 9.59 Å². The van der Waals surface area contributed by atoms with E-state index in [1.54, 1.807) is 6.07 Å². The van der Waals surface area contributed by atoms with Gasteiger partial charge in [-0.15, -0.1) is 0 Å². The molecule has 3 heteroatoms. The topological polar surface area (TPSA) is 43.4 Å². The fourth-order valence-corrected chi connectivity index (χ4v) is 1.45. The smallest absolute Gasteiger partial charge is 0.302 e. The van der Waals surface area contributed by atoms with E-state index < -0.39 is 5.41 Å². The molecule has 0 saturated carbocycles. The van der Waals surface area contributed by atoms with Crippen LogP contribution in [0, 0.1) is 5.41 Å². The van der Waals surface area contributed by atoms with E-state index in [4.69, 9.17) is 4.74 Å². The van der Waals surface area contributed by atoms with Gasteiger partial charge >= 0.3 is 5.97 Å². The molecule has 0 fully saturated rings. The number of hydrogen-bond acceptors (Lipinski definition) is 3. The lowest BCUT2D eigenvalue weighted by molar-refractivity contribution is -0.142. The van der Waals surface area contributed by atoms with Crippen molar-refractivity contribution in [3.8, 4) is 0 Å². The zero-order valence-electron chi connectivity index (χ0n) is 10.7. The van der Waals surface area contributed by atoms with Crippen LogP contribution < -0.4 is 0 Å². The average Bonchev–Trinajstić information content (AvgIpc) is 2.24. The Bertz CT molecular complexity index is 427. The third-order valence-corrected chi connectivity index (χ3v) is 2.37. The molecule has 0 aromatic heterocycles. The highest BCUT2D eigenvalue weighted by molar-refractivity contribution is 6.01. The molecular formula is C14H18O3. The Morgan fingerprint density at radius 2 is 1.76 bits per heavy atom. The molecule has 0 aliphatic carbocycles. The minimum absolute atomic E-state index is 0.0558. The Kier molecular flexibility index (Phi) is 4.05. The maximum absolute atomic E-state index is 12.2. The molecule has 1 aromatic rings. The van der Waals surface area contributed by atoms with Gasteiger partial charge in [-0.25, -0.2) is 0 Å². The van der Waals surface area contributed by atoms with Crippen LogP contribution in [0.25, 0.3) is 0 Å². The van der Waals surface area contributed by atoms with Crippen molar-refractivity contribution < 1.29 is 14.3 Å². The maximum Gasteiger partial charge on any atom is 0.302 e. The van der Waals surface area contributed by atoms with Crippen LogP contribution in [0.3, 0.4) is 0 Å². The summed E-state index contributed by atoms with van der Waals surface area (Å²) in [5, 5.41) is 0. The van der Waals surface area contributed by atoms with Crippen LogP contribution in [0.15, 0.2) is 24.3 Å². The Labute approximate surface area is 102 Å². The molecule has 0 heterocycles. The fourth-order valence-electron chi connectivity index (χ4n) is 1.45. The third-order valence-electron chi connectivity index (χ3n) is 2.37. The lowest BCUT2D eigenvalue weighted by Crippen LogP contribution is -2.21. The number of hydrogen-bond donors (Lipinski definition) is 0. The molecule has 0 spiro atoms. The van der Waals surface area contributed by atoms with Crippen molar-refractivity contribution in [3.63, 3.8) is 0 Å². The first kappa shape index (κ1) is 13.4. The summed E-state index contributed by atoms with van der Waals surface area (Å²) in [4.78, 5) is 23.0. The van der Waals surface area contributed by atoms with Gasteiger partial charge in [0.2, 0.25) is 0 Å². The molecule has 1 aromatic carbocycles. The number of carbonyl (C=O) groups is 2. The van der Waals surface area contributed by atoms with Crippen LogP contribution in [-0.2, 0) is 16.1 Å². The van der Waals surface area contributed by atoms with Crippen molar-refractivity contribution in [1.82, 2.24) is 0 Å². The largest absolute Gasteiger partial charge is 0.461 e. The third kappa shape index (κ3) is 3.70. The Morgan fingerprint density at radius 3 is 2.29 bits per heavy atom. The normalized spacial score (nSPS) is 11.1. The predicted molar refractivity (Wildman–Crippen MR) is 65.7 cm³/mol. The zero-order valence-corrected chi connectivity index (χ0v) is 10.7. The van der Waals surface area contributed by atoms with Gasteiger partial charge in [0, 0.05) is 23.5 Å². The lowest BCUT2D eigenvalue weighted by Gasteiger charge is -2.18. The van der Waals surface area contributed by atoms with E-state index in [0.717, 1.165) is 5.56 Å². The van der Waals surface area contributed by atoms with Crippen LogP contribution in [0.5, 0.6) is 0 Å². The number of benzene rings is 1. The quantitative estimate of drug-likeness (QED) is 0.596. The minimum atomic E-state index is -0.438. The molecule has 0 atom stereocenters. The molecule has 0 N–H and O–H groups in total. The second-order valence-electron chi connectivity index (χ2n) is 5.02. The predicted octanol–water partition coefficient (Wildman–Crippen LogP) is 2.98. The number of ketones is 1. The van der Waals surface area contributed by atoms with E-state index in [1.165, 1.54) is 6.92 Å². The molecule has 0 saturated heterocycles. The second kappa shape index (κ2) is 5.13. The van der Waals surface area contributed by atoms with Crippen LogP contribution >= 0.6 is 0 Å². The number of ether oxygens (including phenoxy) is 1. The number of esters is 1. The molecule has 92 valence electrons. The van der Waals surface area contributed by atoms with Crippen molar-refractivity contribution >= 4 is 11.8 Å². The molecule has 0 bridgehead atoms. The Hall–Kier alpha value is -1.64. The molecule has 3 nitrogen and oxygen atoms in total. The van der Waals surface area contributed by atoms with Crippen LogP contribution in [-0.4, -0.2) is 11.8 Å². The minimum Gasteiger partial charge on any atom is -0.461 e. The van der Waals surface area contributed by atoms with Gasteiger partial charge in [0.05, 0.1) is 0 Å². The molecule has 1 rings (SSSR count).